The van der Waals surface area contributed by atoms with E-state index < -0.39 is 0 Å². The lowest BCUT2D eigenvalue weighted by Crippen LogP contribution is -2.55. The van der Waals surface area contributed by atoms with Gasteiger partial charge < -0.3 is 15.1 Å². The predicted molar refractivity (Wildman–Crippen MR) is 55.2 cm³/mol. The second-order valence-electron chi connectivity index (χ2n) is 4.27. The number of nitrogens with zero attached hydrogens (tertiary/aromatic N) is 2. The Hall–Kier alpha value is -1.10. The summed E-state index contributed by atoms with van der Waals surface area (Å²) in [5.74, 6) is -0.725. The van der Waals surface area contributed by atoms with Crippen LogP contribution in [0.25, 0.3) is 0 Å². The largest absolute Gasteiger partial charge is 0.336 e. The minimum atomic E-state index is -0.376. The fraction of sp³-hybridized carbons (Fsp3) is 0.800. The molecule has 84 valence electrons. The molecule has 2 rings (SSSR count). The van der Waals surface area contributed by atoms with Gasteiger partial charge in [0.1, 0.15) is 0 Å². The molecule has 0 aliphatic carbocycles. The molecular weight excluding hydrogens is 194 g/mol. The van der Waals surface area contributed by atoms with E-state index in [9.17, 15) is 9.59 Å². The molecule has 15 heavy (non-hydrogen) atoms. The van der Waals surface area contributed by atoms with Crippen molar-refractivity contribution in [2.45, 2.75) is 18.9 Å². The monoisotopic (exact) mass is 211 g/mol. The highest BCUT2D eigenvalue weighted by molar-refractivity contribution is 6.35. The van der Waals surface area contributed by atoms with Gasteiger partial charge in [0.15, 0.2) is 0 Å². The standard InChI is InChI=1S/C10H17N3O2/c1-12-5-6-13(10(15)9(12)14)7-8-3-2-4-11-8/h8,11H,2-7H2,1H3/t8-/m1/s1. The van der Waals surface area contributed by atoms with Gasteiger partial charge in [-0.25, -0.2) is 0 Å². The first-order chi connectivity index (χ1) is 7.18. The highest BCUT2D eigenvalue weighted by Gasteiger charge is 2.31. The topological polar surface area (TPSA) is 52.6 Å². The van der Waals surface area contributed by atoms with Crippen LogP contribution in [0.3, 0.4) is 0 Å². The summed E-state index contributed by atoms with van der Waals surface area (Å²) in [6.45, 7) is 3.02. The molecule has 1 atom stereocenters. The zero-order valence-electron chi connectivity index (χ0n) is 9.03. The number of hydrogen-bond acceptors (Lipinski definition) is 3. The van der Waals surface area contributed by atoms with Crippen LogP contribution in [-0.4, -0.2) is 60.9 Å². The molecule has 0 aromatic rings. The minimum Gasteiger partial charge on any atom is -0.336 e. The summed E-state index contributed by atoms with van der Waals surface area (Å²) in [5, 5.41) is 3.33. The summed E-state index contributed by atoms with van der Waals surface area (Å²) >= 11 is 0. The molecular formula is C10H17N3O2. The first-order valence-electron chi connectivity index (χ1n) is 5.46. The van der Waals surface area contributed by atoms with E-state index >= 15 is 0 Å². The normalized spacial score (nSPS) is 27.7. The molecule has 0 unspecified atom stereocenters. The molecule has 5 heteroatoms. The van der Waals surface area contributed by atoms with Crippen LogP contribution in [0.2, 0.25) is 0 Å². The fourth-order valence-electron chi connectivity index (χ4n) is 2.13. The van der Waals surface area contributed by atoms with Crippen molar-refractivity contribution in [3.05, 3.63) is 0 Å². The SMILES string of the molecule is CN1CCN(C[C@H]2CCCN2)C(=O)C1=O. The fourth-order valence-corrected chi connectivity index (χ4v) is 2.13. The summed E-state index contributed by atoms with van der Waals surface area (Å²) in [6, 6.07) is 0.380. The summed E-state index contributed by atoms with van der Waals surface area (Å²) in [5.41, 5.74) is 0. The van der Waals surface area contributed by atoms with Gasteiger partial charge in [-0.2, -0.15) is 0 Å². The molecule has 0 bridgehead atoms. The van der Waals surface area contributed by atoms with Gasteiger partial charge in [-0.3, -0.25) is 9.59 Å². The van der Waals surface area contributed by atoms with E-state index in [1.807, 2.05) is 0 Å². The third kappa shape index (κ3) is 2.12. The van der Waals surface area contributed by atoms with E-state index in [2.05, 4.69) is 5.32 Å². The molecule has 0 saturated carbocycles. The van der Waals surface area contributed by atoms with Gasteiger partial charge in [0.05, 0.1) is 0 Å². The van der Waals surface area contributed by atoms with Gasteiger partial charge in [0, 0.05) is 32.7 Å². The maximum absolute atomic E-state index is 11.6. The van der Waals surface area contributed by atoms with Crippen LogP contribution in [0.4, 0.5) is 0 Å². The second-order valence-corrected chi connectivity index (χ2v) is 4.27. The highest BCUT2D eigenvalue weighted by Crippen LogP contribution is 2.10. The van der Waals surface area contributed by atoms with Crippen molar-refractivity contribution >= 4 is 11.8 Å². The van der Waals surface area contributed by atoms with Crippen molar-refractivity contribution in [3.8, 4) is 0 Å². The van der Waals surface area contributed by atoms with Crippen molar-refractivity contribution in [3.63, 3.8) is 0 Å². The number of likely N-dealkylation sites (N-methyl/N-ethyl adjacent to an activating group) is 1. The van der Waals surface area contributed by atoms with Crippen LogP contribution in [0.15, 0.2) is 0 Å². The van der Waals surface area contributed by atoms with Crippen molar-refractivity contribution in [1.29, 1.82) is 0 Å². The molecule has 5 nitrogen and oxygen atoms in total. The molecule has 2 aliphatic heterocycles. The molecule has 2 aliphatic rings. The van der Waals surface area contributed by atoms with E-state index in [1.165, 1.54) is 11.3 Å². The van der Waals surface area contributed by atoms with Crippen LogP contribution >= 0.6 is 0 Å². The summed E-state index contributed by atoms with van der Waals surface area (Å²) in [7, 11) is 1.67. The van der Waals surface area contributed by atoms with Gasteiger partial charge in [-0.05, 0) is 19.4 Å². The Morgan fingerprint density at radius 2 is 2.13 bits per heavy atom. The Morgan fingerprint density at radius 3 is 2.80 bits per heavy atom. The Bertz CT molecular complexity index is 274. The Kier molecular flexibility index (Phi) is 2.90. The number of carbonyl (C=O) groups is 2. The minimum absolute atomic E-state index is 0.350. The molecule has 0 aromatic carbocycles. The van der Waals surface area contributed by atoms with Gasteiger partial charge >= 0.3 is 11.8 Å². The van der Waals surface area contributed by atoms with Crippen molar-refractivity contribution in [2.24, 2.45) is 0 Å². The van der Waals surface area contributed by atoms with Crippen LogP contribution < -0.4 is 5.32 Å². The van der Waals surface area contributed by atoms with Crippen molar-refractivity contribution in [1.82, 2.24) is 15.1 Å². The lowest BCUT2D eigenvalue weighted by atomic mass is 10.2. The van der Waals surface area contributed by atoms with E-state index in [4.69, 9.17) is 0 Å². The number of amides is 2. The smallest absolute Gasteiger partial charge is 0.312 e. The van der Waals surface area contributed by atoms with Gasteiger partial charge in [-0.1, -0.05) is 0 Å². The van der Waals surface area contributed by atoms with Gasteiger partial charge in [-0.15, -0.1) is 0 Å². The maximum atomic E-state index is 11.6. The summed E-state index contributed by atoms with van der Waals surface area (Å²) < 4.78 is 0. The van der Waals surface area contributed by atoms with E-state index in [0.717, 1.165) is 13.0 Å². The van der Waals surface area contributed by atoms with Crippen LogP contribution in [0.1, 0.15) is 12.8 Å². The van der Waals surface area contributed by atoms with Crippen molar-refractivity contribution < 1.29 is 9.59 Å². The molecule has 0 radical (unpaired) electrons. The lowest BCUT2D eigenvalue weighted by Gasteiger charge is -2.33. The molecule has 0 spiro atoms. The number of hydrogen-bond donors (Lipinski definition) is 1. The Balaban J connectivity index is 1.92. The van der Waals surface area contributed by atoms with Gasteiger partial charge in [0.2, 0.25) is 0 Å². The number of rotatable bonds is 2. The number of carbonyl (C=O) groups excluding carboxylic acids is 2. The Labute approximate surface area is 89.4 Å². The second kappa shape index (κ2) is 4.18. The van der Waals surface area contributed by atoms with Crippen LogP contribution in [-0.2, 0) is 9.59 Å². The molecule has 2 fully saturated rings. The zero-order chi connectivity index (χ0) is 10.8. The highest BCUT2D eigenvalue weighted by atomic mass is 16.2. The van der Waals surface area contributed by atoms with Crippen LogP contribution in [0, 0.1) is 0 Å². The quantitative estimate of drug-likeness (QED) is 0.598. The summed E-state index contributed by atoms with van der Waals surface area (Å²) in [4.78, 5) is 26.2. The van der Waals surface area contributed by atoms with E-state index in [0.29, 0.717) is 25.7 Å². The van der Waals surface area contributed by atoms with Crippen molar-refractivity contribution in [2.75, 3.05) is 33.2 Å². The Morgan fingerprint density at radius 1 is 1.33 bits per heavy atom. The first kappa shape index (κ1) is 10.4. The number of nitrogens with one attached hydrogen (secondary N) is 1. The average Bonchev–Trinajstić information content (AvgIpc) is 2.72. The third-order valence-corrected chi connectivity index (χ3v) is 3.13. The maximum Gasteiger partial charge on any atom is 0.312 e. The van der Waals surface area contributed by atoms with E-state index in [-0.39, 0.29) is 11.8 Å². The zero-order valence-corrected chi connectivity index (χ0v) is 9.03. The first-order valence-corrected chi connectivity index (χ1v) is 5.46. The summed E-state index contributed by atoms with van der Waals surface area (Å²) in [6.07, 6.45) is 2.27. The van der Waals surface area contributed by atoms with Gasteiger partial charge in [0.25, 0.3) is 0 Å². The molecule has 1 N–H and O–H groups in total. The number of piperazine rings is 1. The molecule has 2 saturated heterocycles. The molecule has 2 heterocycles. The third-order valence-electron chi connectivity index (χ3n) is 3.13. The molecule has 0 aromatic heterocycles. The molecule has 2 amide bonds. The predicted octanol–water partition coefficient (Wildman–Crippen LogP) is -0.961. The van der Waals surface area contributed by atoms with Crippen LogP contribution in [0.5, 0.6) is 0 Å². The average molecular weight is 211 g/mol. The van der Waals surface area contributed by atoms with E-state index in [1.54, 1.807) is 11.9 Å². The lowest BCUT2D eigenvalue weighted by molar-refractivity contribution is -0.155.